The molecular formula is C19H21BrN2O2. The number of amides is 1. The highest BCUT2D eigenvalue weighted by Crippen LogP contribution is 2.24. The Balaban J connectivity index is 1.68. The van der Waals surface area contributed by atoms with Gasteiger partial charge in [0.05, 0.1) is 12.7 Å². The zero-order chi connectivity index (χ0) is 17.1. The van der Waals surface area contributed by atoms with Crippen LogP contribution in [0.25, 0.3) is 0 Å². The van der Waals surface area contributed by atoms with Gasteiger partial charge in [-0.15, -0.1) is 0 Å². The lowest BCUT2D eigenvalue weighted by Crippen LogP contribution is -2.47. The van der Waals surface area contributed by atoms with E-state index in [9.17, 15) is 4.79 Å². The highest BCUT2D eigenvalue weighted by Gasteiger charge is 2.23. The summed E-state index contributed by atoms with van der Waals surface area (Å²) in [4.78, 5) is 14.6. The molecule has 3 rings (SSSR count). The summed E-state index contributed by atoms with van der Waals surface area (Å²) >= 11 is 3.37. The first-order valence-corrected chi connectivity index (χ1v) is 8.87. The lowest BCUT2D eigenvalue weighted by molar-refractivity contribution is 0.0344. The van der Waals surface area contributed by atoms with Crippen LogP contribution in [0.1, 0.15) is 24.2 Å². The Morgan fingerprint density at radius 3 is 2.46 bits per heavy atom. The maximum atomic E-state index is 12.3. The minimum Gasteiger partial charge on any atom is -0.375 e. The SMILES string of the molecule is CC1CN(c2ccc(NC(=O)c3ccc(Br)cc3)cc2)C(C)CO1. The van der Waals surface area contributed by atoms with Gasteiger partial charge in [-0.1, -0.05) is 15.9 Å². The molecule has 0 saturated carbocycles. The lowest BCUT2D eigenvalue weighted by Gasteiger charge is -2.38. The van der Waals surface area contributed by atoms with E-state index in [2.05, 4.69) is 40.0 Å². The maximum absolute atomic E-state index is 12.3. The van der Waals surface area contributed by atoms with Crippen LogP contribution in [-0.4, -0.2) is 31.2 Å². The van der Waals surface area contributed by atoms with Gasteiger partial charge >= 0.3 is 0 Å². The first-order valence-electron chi connectivity index (χ1n) is 8.08. The molecule has 1 fully saturated rings. The standard InChI is InChI=1S/C19H21BrN2O2/c1-13-12-24-14(2)11-22(13)18-9-7-17(8-10-18)21-19(23)15-3-5-16(20)6-4-15/h3-10,13-14H,11-12H2,1-2H3,(H,21,23). The Morgan fingerprint density at radius 2 is 1.79 bits per heavy atom. The summed E-state index contributed by atoms with van der Waals surface area (Å²) in [6, 6.07) is 15.6. The predicted octanol–water partition coefficient (Wildman–Crippen LogP) is 4.32. The molecule has 0 bridgehead atoms. The van der Waals surface area contributed by atoms with E-state index in [0.29, 0.717) is 11.6 Å². The summed E-state index contributed by atoms with van der Waals surface area (Å²) in [6.45, 7) is 5.87. The summed E-state index contributed by atoms with van der Waals surface area (Å²) in [5.74, 6) is -0.108. The third-order valence-electron chi connectivity index (χ3n) is 4.17. The first-order chi connectivity index (χ1) is 11.5. The average molecular weight is 389 g/mol. The molecular weight excluding hydrogens is 368 g/mol. The number of benzene rings is 2. The number of ether oxygens (including phenoxy) is 1. The number of anilines is 2. The van der Waals surface area contributed by atoms with Crippen LogP contribution in [0.2, 0.25) is 0 Å². The first kappa shape index (κ1) is 17.0. The largest absolute Gasteiger partial charge is 0.375 e. The van der Waals surface area contributed by atoms with Gasteiger partial charge in [0, 0.05) is 34.0 Å². The van der Waals surface area contributed by atoms with E-state index in [0.717, 1.165) is 29.0 Å². The van der Waals surface area contributed by atoms with Crippen molar-refractivity contribution in [3.63, 3.8) is 0 Å². The molecule has 1 aliphatic rings. The Morgan fingerprint density at radius 1 is 1.12 bits per heavy atom. The minimum absolute atomic E-state index is 0.108. The van der Waals surface area contributed by atoms with E-state index in [1.54, 1.807) is 12.1 Å². The molecule has 1 N–H and O–H groups in total. The molecule has 1 saturated heterocycles. The molecule has 0 aromatic heterocycles. The number of nitrogens with one attached hydrogen (secondary N) is 1. The molecule has 0 radical (unpaired) electrons. The number of carbonyl (C=O) groups is 1. The van der Waals surface area contributed by atoms with Crippen LogP contribution >= 0.6 is 15.9 Å². The van der Waals surface area contributed by atoms with Gasteiger partial charge in [-0.2, -0.15) is 0 Å². The third-order valence-corrected chi connectivity index (χ3v) is 4.70. The van der Waals surface area contributed by atoms with Gasteiger partial charge in [0.2, 0.25) is 0 Å². The van der Waals surface area contributed by atoms with Crippen molar-refractivity contribution in [1.82, 2.24) is 0 Å². The van der Waals surface area contributed by atoms with Gasteiger partial charge in [-0.25, -0.2) is 0 Å². The fourth-order valence-corrected chi connectivity index (χ4v) is 3.07. The van der Waals surface area contributed by atoms with Crippen molar-refractivity contribution < 1.29 is 9.53 Å². The molecule has 5 heteroatoms. The number of hydrogen-bond donors (Lipinski definition) is 1. The Labute approximate surface area is 150 Å². The normalized spacial score (nSPS) is 20.7. The Bertz CT molecular complexity index is 700. The van der Waals surface area contributed by atoms with Crippen LogP contribution in [0.3, 0.4) is 0 Å². The van der Waals surface area contributed by atoms with E-state index in [1.165, 1.54) is 0 Å². The van der Waals surface area contributed by atoms with Crippen molar-refractivity contribution in [2.24, 2.45) is 0 Å². The van der Waals surface area contributed by atoms with Crippen molar-refractivity contribution in [1.29, 1.82) is 0 Å². The Hall–Kier alpha value is -1.85. The van der Waals surface area contributed by atoms with Gasteiger partial charge in [-0.3, -0.25) is 4.79 Å². The number of hydrogen-bond acceptors (Lipinski definition) is 3. The zero-order valence-electron chi connectivity index (χ0n) is 13.8. The summed E-state index contributed by atoms with van der Waals surface area (Å²) in [7, 11) is 0. The molecule has 2 aromatic rings. The van der Waals surface area contributed by atoms with Crippen LogP contribution in [0.15, 0.2) is 53.0 Å². The average Bonchev–Trinajstić information content (AvgIpc) is 2.58. The second kappa shape index (κ2) is 7.36. The minimum atomic E-state index is -0.108. The van der Waals surface area contributed by atoms with Gasteiger partial charge in [-0.05, 0) is 62.4 Å². The predicted molar refractivity (Wildman–Crippen MR) is 101 cm³/mol. The highest BCUT2D eigenvalue weighted by molar-refractivity contribution is 9.10. The van der Waals surface area contributed by atoms with Crippen LogP contribution in [0.5, 0.6) is 0 Å². The van der Waals surface area contributed by atoms with Crippen molar-refractivity contribution in [3.8, 4) is 0 Å². The van der Waals surface area contributed by atoms with Gasteiger partial charge in [0.1, 0.15) is 0 Å². The fourth-order valence-electron chi connectivity index (χ4n) is 2.80. The lowest BCUT2D eigenvalue weighted by atomic mass is 10.1. The number of nitrogens with zero attached hydrogens (tertiary/aromatic N) is 1. The smallest absolute Gasteiger partial charge is 0.255 e. The highest BCUT2D eigenvalue weighted by atomic mass is 79.9. The van der Waals surface area contributed by atoms with Crippen molar-refractivity contribution in [3.05, 3.63) is 58.6 Å². The van der Waals surface area contributed by atoms with Gasteiger partial charge in [0.25, 0.3) is 5.91 Å². The van der Waals surface area contributed by atoms with E-state index in [-0.39, 0.29) is 12.0 Å². The molecule has 1 aliphatic heterocycles. The van der Waals surface area contributed by atoms with Crippen molar-refractivity contribution in [2.45, 2.75) is 26.0 Å². The molecule has 24 heavy (non-hydrogen) atoms. The molecule has 1 heterocycles. The second-order valence-electron chi connectivity index (χ2n) is 6.15. The summed E-state index contributed by atoms with van der Waals surface area (Å²) in [5.41, 5.74) is 2.58. The number of morpholine rings is 1. The van der Waals surface area contributed by atoms with E-state index >= 15 is 0 Å². The Kier molecular flexibility index (Phi) is 5.21. The zero-order valence-corrected chi connectivity index (χ0v) is 15.4. The van der Waals surface area contributed by atoms with Gasteiger partial charge < -0.3 is 15.0 Å². The molecule has 126 valence electrons. The molecule has 1 amide bonds. The number of rotatable bonds is 3. The number of halogens is 1. The maximum Gasteiger partial charge on any atom is 0.255 e. The molecule has 4 nitrogen and oxygen atoms in total. The van der Waals surface area contributed by atoms with Crippen LogP contribution in [0, 0.1) is 0 Å². The van der Waals surface area contributed by atoms with E-state index < -0.39 is 0 Å². The second-order valence-corrected chi connectivity index (χ2v) is 7.07. The molecule has 2 aromatic carbocycles. The monoisotopic (exact) mass is 388 g/mol. The molecule has 2 unspecified atom stereocenters. The molecule has 0 aliphatic carbocycles. The summed E-state index contributed by atoms with van der Waals surface area (Å²) in [6.07, 6.45) is 0.234. The van der Waals surface area contributed by atoms with E-state index in [1.807, 2.05) is 36.4 Å². The fraction of sp³-hybridized carbons (Fsp3) is 0.316. The molecule has 0 spiro atoms. The number of carbonyl (C=O) groups excluding carboxylic acids is 1. The summed E-state index contributed by atoms with van der Waals surface area (Å²) < 4.78 is 6.63. The van der Waals surface area contributed by atoms with Crippen LogP contribution in [0.4, 0.5) is 11.4 Å². The van der Waals surface area contributed by atoms with Crippen molar-refractivity contribution in [2.75, 3.05) is 23.4 Å². The summed E-state index contributed by atoms with van der Waals surface area (Å²) in [5, 5.41) is 2.93. The molecule has 2 atom stereocenters. The third kappa shape index (κ3) is 3.97. The topological polar surface area (TPSA) is 41.6 Å². The van der Waals surface area contributed by atoms with Crippen LogP contribution in [-0.2, 0) is 4.74 Å². The van der Waals surface area contributed by atoms with Gasteiger partial charge in [0.15, 0.2) is 0 Å². The van der Waals surface area contributed by atoms with Crippen molar-refractivity contribution >= 4 is 33.2 Å². The van der Waals surface area contributed by atoms with E-state index in [4.69, 9.17) is 4.74 Å². The van der Waals surface area contributed by atoms with Crippen LogP contribution < -0.4 is 10.2 Å². The quantitative estimate of drug-likeness (QED) is 0.851.